The van der Waals surface area contributed by atoms with Crippen molar-refractivity contribution in [3.8, 4) is 16.2 Å². The van der Waals surface area contributed by atoms with E-state index in [0.717, 1.165) is 15.3 Å². The van der Waals surface area contributed by atoms with Crippen LogP contribution in [0.2, 0.25) is 0 Å². The number of thiophene rings is 1. The number of aromatic nitrogens is 1. The Kier molecular flexibility index (Phi) is 6.24. The van der Waals surface area contributed by atoms with E-state index < -0.39 is 28.1 Å². The molecule has 11 heteroatoms. The topological polar surface area (TPSA) is 74.6 Å². The highest BCUT2D eigenvalue weighted by molar-refractivity contribution is 7.92. The number of carbonyl (C=O) groups excluding carboxylic acids is 1. The van der Waals surface area contributed by atoms with Crippen LogP contribution in [0.3, 0.4) is 0 Å². The number of fused-ring (bicyclic) bond motifs is 1. The maximum absolute atomic E-state index is 13.3. The average Bonchev–Trinajstić information content (AvgIpc) is 3.44. The number of methoxy groups -OCH3 is 1. The van der Waals surface area contributed by atoms with Gasteiger partial charge in [0.2, 0.25) is 0 Å². The summed E-state index contributed by atoms with van der Waals surface area (Å²) in [5.74, 6) is -0.902. The van der Waals surface area contributed by atoms with Crippen molar-refractivity contribution in [3.63, 3.8) is 0 Å². The maximum Gasteiger partial charge on any atom is 0.573 e. The molecule has 4 aromatic rings. The van der Waals surface area contributed by atoms with Crippen LogP contribution in [-0.4, -0.2) is 31.8 Å². The van der Waals surface area contributed by atoms with E-state index in [4.69, 9.17) is 0 Å². The van der Waals surface area contributed by atoms with Gasteiger partial charge in [0.25, 0.3) is 10.0 Å². The highest BCUT2D eigenvalue weighted by Gasteiger charge is 2.31. The van der Waals surface area contributed by atoms with Crippen LogP contribution < -0.4 is 4.74 Å². The van der Waals surface area contributed by atoms with Crippen molar-refractivity contribution in [2.24, 2.45) is 0 Å². The molecule has 0 spiro atoms. The zero-order chi connectivity index (χ0) is 24.5. The summed E-state index contributed by atoms with van der Waals surface area (Å²) in [4.78, 5) is 11.7. The summed E-state index contributed by atoms with van der Waals surface area (Å²) < 4.78 is 73.7. The zero-order valence-corrected chi connectivity index (χ0v) is 19.1. The molecule has 0 aliphatic heterocycles. The van der Waals surface area contributed by atoms with Crippen LogP contribution in [0.15, 0.2) is 77.1 Å². The fraction of sp³-hybridized carbons (Fsp3) is 0.0870. The second-order valence-electron chi connectivity index (χ2n) is 6.99. The van der Waals surface area contributed by atoms with E-state index in [1.807, 2.05) is 0 Å². The van der Waals surface area contributed by atoms with E-state index in [9.17, 15) is 26.4 Å². The van der Waals surface area contributed by atoms with Gasteiger partial charge < -0.3 is 9.47 Å². The smallest absolute Gasteiger partial charge is 0.466 e. The first kappa shape index (κ1) is 23.6. The molecule has 0 N–H and O–H groups in total. The van der Waals surface area contributed by atoms with E-state index in [0.29, 0.717) is 26.9 Å². The number of benzene rings is 2. The SMILES string of the molecule is COC(=O)/C=C/c1ccc2c(ccn2S(=O)(=O)c2ccc(-c3cccc(OC(F)(F)F)c3)s2)c1. The second-order valence-corrected chi connectivity index (χ2v) is 10.1. The molecule has 2 heterocycles. The first-order chi connectivity index (χ1) is 16.1. The third-order valence-electron chi connectivity index (χ3n) is 4.74. The summed E-state index contributed by atoms with van der Waals surface area (Å²) in [6.07, 6.45) is -0.589. The Balaban J connectivity index is 1.64. The minimum absolute atomic E-state index is 0.0248. The van der Waals surface area contributed by atoms with Gasteiger partial charge in [-0.15, -0.1) is 24.5 Å². The lowest BCUT2D eigenvalue weighted by Gasteiger charge is -2.09. The Morgan fingerprint density at radius 2 is 1.85 bits per heavy atom. The molecule has 0 unspecified atom stereocenters. The Morgan fingerprint density at radius 3 is 2.59 bits per heavy atom. The summed E-state index contributed by atoms with van der Waals surface area (Å²) in [6.45, 7) is 0. The van der Waals surface area contributed by atoms with Gasteiger partial charge in [-0.25, -0.2) is 8.77 Å². The molecule has 0 aliphatic rings. The lowest BCUT2D eigenvalue weighted by molar-refractivity contribution is -0.274. The summed E-state index contributed by atoms with van der Waals surface area (Å²) in [5.41, 5.74) is 1.52. The molecule has 176 valence electrons. The molecule has 0 saturated heterocycles. The molecule has 6 nitrogen and oxygen atoms in total. The van der Waals surface area contributed by atoms with Gasteiger partial charge in [-0.3, -0.25) is 0 Å². The second kappa shape index (κ2) is 8.99. The van der Waals surface area contributed by atoms with E-state index in [1.165, 1.54) is 49.7 Å². The van der Waals surface area contributed by atoms with Crippen molar-refractivity contribution in [1.29, 1.82) is 0 Å². The van der Waals surface area contributed by atoms with Crippen molar-refractivity contribution >= 4 is 44.3 Å². The number of nitrogens with zero attached hydrogens (tertiary/aromatic N) is 1. The Labute approximate surface area is 196 Å². The number of hydrogen-bond acceptors (Lipinski definition) is 6. The predicted molar refractivity (Wildman–Crippen MR) is 122 cm³/mol. The van der Waals surface area contributed by atoms with Gasteiger partial charge >= 0.3 is 12.3 Å². The molecule has 2 aromatic heterocycles. The zero-order valence-electron chi connectivity index (χ0n) is 17.4. The number of alkyl halides is 3. The quantitative estimate of drug-likeness (QED) is 0.248. The molecule has 2 aromatic carbocycles. The predicted octanol–water partition coefficient (Wildman–Crippen LogP) is 5.69. The summed E-state index contributed by atoms with van der Waals surface area (Å²) in [5, 5.41) is 0.643. The number of carbonyl (C=O) groups is 1. The average molecular weight is 508 g/mol. The lowest BCUT2D eigenvalue weighted by atomic mass is 10.1. The van der Waals surface area contributed by atoms with Crippen molar-refractivity contribution in [1.82, 2.24) is 3.97 Å². The van der Waals surface area contributed by atoms with Crippen molar-refractivity contribution in [3.05, 3.63) is 78.5 Å². The lowest BCUT2D eigenvalue weighted by Crippen LogP contribution is -2.17. The van der Waals surface area contributed by atoms with Gasteiger partial charge in [-0.2, -0.15) is 8.42 Å². The highest BCUT2D eigenvalue weighted by Crippen LogP contribution is 2.35. The first-order valence-corrected chi connectivity index (χ1v) is 11.9. The van der Waals surface area contributed by atoms with Gasteiger partial charge in [-0.1, -0.05) is 18.2 Å². The van der Waals surface area contributed by atoms with E-state index in [-0.39, 0.29) is 4.21 Å². The van der Waals surface area contributed by atoms with Crippen molar-refractivity contribution < 1.29 is 35.9 Å². The highest BCUT2D eigenvalue weighted by atomic mass is 32.2. The van der Waals surface area contributed by atoms with Crippen molar-refractivity contribution in [2.45, 2.75) is 10.6 Å². The number of ether oxygens (including phenoxy) is 2. The molecular formula is C23H16F3NO5S2. The van der Waals surface area contributed by atoms with Gasteiger partial charge in [-0.05, 0) is 59.7 Å². The summed E-state index contributed by atoms with van der Waals surface area (Å²) >= 11 is 0.935. The van der Waals surface area contributed by atoms with Crippen LogP contribution in [0.25, 0.3) is 27.4 Å². The third kappa shape index (κ3) is 5.00. The molecule has 0 saturated carbocycles. The molecule has 0 bridgehead atoms. The van der Waals surface area contributed by atoms with Crippen LogP contribution >= 0.6 is 11.3 Å². The van der Waals surface area contributed by atoms with E-state index >= 15 is 0 Å². The Morgan fingerprint density at radius 1 is 1.06 bits per heavy atom. The normalized spacial score (nSPS) is 12.4. The van der Waals surface area contributed by atoms with Crippen LogP contribution in [0.1, 0.15) is 5.56 Å². The van der Waals surface area contributed by atoms with Gasteiger partial charge in [0, 0.05) is 22.5 Å². The number of rotatable bonds is 6. The van der Waals surface area contributed by atoms with Crippen LogP contribution in [-0.2, 0) is 19.6 Å². The van der Waals surface area contributed by atoms with Crippen LogP contribution in [0.4, 0.5) is 13.2 Å². The first-order valence-electron chi connectivity index (χ1n) is 9.65. The van der Waals surface area contributed by atoms with E-state index in [1.54, 1.807) is 36.4 Å². The Bertz CT molecular complexity index is 1500. The minimum atomic E-state index is -4.83. The molecule has 0 aliphatic carbocycles. The number of esters is 1. The fourth-order valence-corrected chi connectivity index (χ4v) is 5.98. The molecular weight excluding hydrogens is 491 g/mol. The molecule has 0 atom stereocenters. The number of halogens is 3. The molecule has 0 radical (unpaired) electrons. The fourth-order valence-electron chi connectivity index (χ4n) is 3.24. The molecule has 34 heavy (non-hydrogen) atoms. The van der Waals surface area contributed by atoms with Gasteiger partial charge in [0.1, 0.15) is 9.96 Å². The standard InChI is InChI=1S/C23H16F3NO5S2/c1-31-21(28)9-6-15-5-7-19-16(13-15)11-12-27(19)34(29,30)22-10-8-20(33-22)17-3-2-4-18(14-17)32-23(24,25)26/h2-14H,1H3/b9-6+. The van der Waals surface area contributed by atoms with Crippen LogP contribution in [0.5, 0.6) is 5.75 Å². The summed E-state index contributed by atoms with van der Waals surface area (Å²) in [7, 11) is -2.69. The monoisotopic (exact) mass is 507 g/mol. The molecule has 4 rings (SSSR count). The molecule has 0 amide bonds. The van der Waals surface area contributed by atoms with Crippen molar-refractivity contribution in [2.75, 3.05) is 7.11 Å². The van der Waals surface area contributed by atoms with E-state index in [2.05, 4.69) is 9.47 Å². The maximum atomic E-state index is 13.3. The van der Waals surface area contributed by atoms with Gasteiger partial charge in [0.05, 0.1) is 12.6 Å². The third-order valence-corrected chi connectivity index (χ3v) is 8.03. The largest absolute Gasteiger partial charge is 0.573 e. The summed E-state index contributed by atoms with van der Waals surface area (Å²) in [6, 6.07) is 14.9. The number of hydrogen-bond donors (Lipinski definition) is 0. The van der Waals surface area contributed by atoms with Gasteiger partial charge in [0.15, 0.2) is 0 Å². The Hall–Kier alpha value is -3.57. The van der Waals surface area contributed by atoms with Crippen LogP contribution in [0, 0.1) is 0 Å². The molecule has 0 fully saturated rings. The minimum Gasteiger partial charge on any atom is -0.466 e.